The Morgan fingerprint density at radius 3 is 2.66 bits per heavy atom. The first kappa shape index (κ1) is 23.0. The number of halogens is 2. The Morgan fingerprint density at radius 2 is 1.97 bits per heavy atom. The van der Waals surface area contributed by atoms with Crippen LogP contribution in [-0.4, -0.2) is 58.9 Å². The topological polar surface area (TPSA) is 87.1 Å². The number of ether oxygens (including phenoxy) is 1. The number of rotatable bonds is 11. The highest BCUT2D eigenvalue weighted by Gasteiger charge is 2.34. The fraction of sp³-hybridized carbons (Fsp3) is 0.524. The minimum atomic E-state index is -1.61. The van der Waals surface area contributed by atoms with Gasteiger partial charge in [0.25, 0.3) is 0 Å². The normalized spacial score (nSPS) is 19.1. The Balaban J connectivity index is 1.97. The van der Waals surface area contributed by atoms with Crippen molar-refractivity contribution in [3.8, 4) is 0 Å². The number of nitrogens with zero attached hydrogens (tertiary/aromatic N) is 1. The Hall–Kier alpha value is -2.32. The van der Waals surface area contributed by atoms with Gasteiger partial charge in [-0.3, -0.25) is 4.79 Å². The van der Waals surface area contributed by atoms with Gasteiger partial charge in [-0.05, 0) is 31.2 Å². The summed E-state index contributed by atoms with van der Waals surface area (Å²) >= 11 is 0. The number of carboxylic acid groups (broad SMARTS) is 1. The van der Waals surface area contributed by atoms with Crippen LogP contribution >= 0.6 is 0 Å². The molecule has 2 rings (SSSR count). The average molecular weight is 411 g/mol. The van der Waals surface area contributed by atoms with Crippen LogP contribution in [0.5, 0.6) is 0 Å². The van der Waals surface area contributed by atoms with Gasteiger partial charge >= 0.3 is 5.97 Å². The predicted molar refractivity (Wildman–Crippen MR) is 102 cm³/mol. The van der Waals surface area contributed by atoms with Crippen LogP contribution in [0.4, 0.5) is 8.78 Å². The third-order valence-corrected chi connectivity index (χ3v) is 4.81. The molecule has 0 spiro atoms. The van der Waals surface area contributed by atoms with E-state index in [9.17, 15) is 23.5 Å². The molecular weight excluding hydrogens is 384 g/mol. The standard InChI is InChI=1S/C21H27F2NO5/c22-20(21(23)17(25)13-15-7-2-1-3-8-15)16-9-6-10-18(26)24(16)11-4-5-12-29-14-19(27)28/h1-3,7-8,16-17,25H,4-6,9-14H2,(H,27,28)/b21-20+/t16-,17-/m1/s1. The number of aliphatic carboxylic acids is 1. The summed E-state index contributed by atoms with van der Waals surface area (Å²) in [6.45, 7) is 0.0318. The number of likely N-dealkylation sites (tertiary alicyclic amines) is 1. The second kappa shape index (κ2) is 11.6. The minimum Gasteiger partial charge on any atom is -0.480 e. The maximum atomic E-state index is 14.8. The molecule has 0 aliphatic carbocycles. The number of piperidine rings is 1. The number of amides is 1. The molecule has 2 N–H and O–H groups in total. The van der Waals surface area contributed by atoms with Crippen LogP contribution in [0.3, 0.4) is 0 Å². The molecule has 0 bridgehead atoms. The molecule has 0 aromatic heterocycles. The number of hydrogen-bond donors (Lipinski definition) is 2. The molecule has 0 unspecified atom stereocenters. The van der Waals surface area contributed by atoms with Gasteiger partial charge in [-0.2, -0.15) is 0 Å². The fourth-order valence-corrected chi connectivity index (χ4v) is 3.36. The van der Waals surface area contributed by atoms with Crippen LogP contribution in [0.2, 0.25) is 0 Å². The van der Waals surface area contributed by atoms with Crippen molar-refractivity contribution in [3.05, 3.63) is 47.5 Å². The number of aliphatic hydroxyl groups is 1. The van der Waals surface area contributed by atoms with Crippen LogP contribution in [0.25, 0.3) is 0 Å². The number of benzene rings is 1. The second-order valence-corrected chi connectivity index (χ2v) is 7.05. The molecule has 160 valence electrons. The van der Waals surface area contributed by atoms with E-state index in [0.717, 1.165) is 0 Å². The van der Waals surface area contributed by atoms with Crippen molar-refractivity contribution in [2.45, 2.75) is 50.7 Å². The fourth-order valence-electron chi connectivity index (χ4n) is 3.36. The number of carbonyl (C=O) groups excluding carboxylic acids is 1. The molecule has 1 aromatic carbocycles. The number of carboxylic acids is 1. The first-order valence-corrected chi connectivity index (χ1v) is 9.76. The van der Waals surface area contributed by atoms with Gasteiger partial charge in [0, 0.05) is 26.0 Å². The van der Waals surface area contributed by atoms with Crippen molar-refractivity contribution in [2.24, 2.45) is 0 Å². The molecule has 8 heteroatoms. The highest BCUT2D eigenvalue weighted by Crippen LogP contribution is 2.29. The van der Waals surface area contributed by atoms with E-state index in [1.807, 2.05) is 0 Å². The Morgan fingerprint density at radius 1 is 1.24 bits per heavy atom. The quantitative estimate of drug-likeness (QED) is 0.547. The summed E-state index contributed by atoms with van der Waals surface area (Å²) < 4.78 is 34.3. The third kappa shape index (κ3) is 7.21. The second-order valence-electron chi connectivity index (χ2n) is 7.05. The zero-order valence-electron chi connectivity index (χ0n) is 16.2. The van der Waals surface area contributed by atoms with E-state index in [-0.39, 0.29) is 31.9 Å². The van der Waals surface area contributed by atoms with Crippen molar-refractivity contribution < 1.29 is 33.3 Å². The third-order valence-electron chi connectivity index (χ3n) is 4.81. The van der Waals surface area contributed by atoms with Gasteiger partial charge in [0.2, 0.25) is 5.91 Å². The molecule has 1 amide bonds. The molecule has 0 saturated carbocycles. The van der Waals surface area contributed by atoms with Crippen molar-refractivity contribution in [1.29, 1.82) is 0 Å². The summed E-state index contributed by atoms with van der Waals surface area (Å²) in [5.74, 6) is -3.65. The van der Waals surface area contributed by atoms with Gasteiger partial charge in [-0.25, -0.2) is 13.6 Å². The smallest absolute Gasteiger partial charge is 0.329 e. The van der Waals surface area contributed by atoms with E-state index in [2.05, 4.69) is 0 Å². The summed E-state index contributed by atoms with van der Waals surface area (Å²) in [6, 6.07) is 7.71. The van der Waals surface area contributed by atoms with Crippen molar-refractivity contribution in [2.75, 3.05) is 19.8 Å². The lowest BCUT2D eigenvalue weighted by Crippen LogP contribution is -2.45. The van der Waals surface area contributed by atoms with Gasteiger partial charge in [-0.1, -0.05) is 30.3 Å². The highest BCUT2D eigenvalue weighted by atomic mass is 19.2. The van der Waals surface area contributed by atoms with Crippen molar-refractivity contribution in [3.63, 3.8) is 0 Å². The van der Waals surface area contributed by atoms with Gasteiger partial charge in [0.05, 0.1) is 6.04 Å². The van der Waals surface area contributed by atoms with Crippen molar-refractivity contribution >= 4 is 11.9 Å². The van der Waals surface area contributed by atoms with Gasteiger partial charge in [0.1, 0.15) is 12.7 Å². The van der Waals surface area contributed by atoms with Gasteiger partial charge in [0.15, 0.2) is 11.7 Å². The number of carbonyl (C=O) groups is 2. The summed E-state index contributed by atoms with van der Waals surface area (Å²) in [7, 11) is 0. The lowest BCUT2D eigenvalue weighted by atomic mass is 9.97. The molecule has 2 atom stereocenters. The zero-order chi connectivity index (χ0) is 21.2. The van der Waals surface area contributed by atoms with Crippen LogP contribution in [0.1, 0.15) is 37.7 Å². The van der Waals surface area contributed by atoms with Crippen LogP contribution in [-0.2, 0) is 20.7 Å². The van der Waals surface area contributed by atoms with Crippen LogP contribution < -0.4 is 0 Å². The molecule has 29 heavy (non-hydrogen) atoms. The molecule has 1 fully saturated rings. The van der Waals surface area contributed by atoms with E-state index >= 15 is 0 Å². The first-order chi connectivity index (χ1) is 13.9. The first-order valence-electron chi connectivity index (χ1n) is 9.76. The molecule has 1 heterocycles. The lowest BCUT2D eigenvalue weighted by molar-refractivity contribution is -0.142. The summed E-state index contributed by atoms with van der Waals surface area (Å²) in [5, 5.41) is 18.6. The van der Waals surface area contributed by atoms with E-state index in [1.165, 1.54) is 4.90 Å². The van der Waals surface area contributed by atoms with Crippen LogP contribution in [0, 0.1) is 0 Å². The number of aliphatic hydroxyl groups excluding tert-OH is 1. The monoisotopic (exact) mass is 411 g/mol. The molecule has 1 saturated heterocycles. The van der Waals surface area contributed by atoms with E-state index < -0.39 is 36.4 Å². The molecular formula is C21H27F2NO5. The molecule has 0 radical (unpaired) electrons. The molecule has 6 nitrogen and oxygen atoms in total. The van der Waals surface area contributed by atoms with Crippen molar-refractivity contribution in [1.82, 2.24) is 4.90 Å². The Labute approximate surface area is 168 Å². The summed E-state index contributed by atoms with van der Waals surface area (Å²) in [6.07, 6.45) is 0.323. The minimum absolute atomic E-state index is 0.0539. The van der Waals surface area contributed by atoms with Gasteiger partial charge in [-0.15, -0.1) is 0 Å². The maximum Gasteiger partial charge on any atom is 0.329 e. The largest absolute Gasteiger partial charge is 0.480 e. The summed E-state index contributed by atoms with van der Waals surface area (Å²) in [5.41, 5.74) is 0.681. The zero-order valence-corrected chi connectivity index (χ0v) is 16.2. The van der Waals surface area contributed by atoms with Crippen LogP contribution in [0.15, 0.2) is 42.0 Å². The lowest BCUT2D eigenvalue weighted by Gasteiger charge is -2.35. The van der Waals surface area contributed by atoms with E-state index in [1.54, 1.807) is 30.3 Å². The molecule has 1 aliphatic rings. The molecule has 1 aliphatic heterocycles. The Bertz CT molecular complexity index is 710. The number of unbranched alkanes of at least 4 members (excludes halogenated alkanes) is 1. The average Bonchev–Trinajstić information content (AvgIpc) is 2.70. The summed E-state index contributed by atoms with van der Waals surface area (Å²) in [4.78, 5) is 23.9. The molecule has 1 aromatic rings. The maximum absolute atomic E-state index is 14.8. The van der Waals surface area contributed by atoms with E-state index in [4.69, 9.17) is 9.84 Å². The van der Waals surface area contributed by atoms with E-state index in [0.29, 0.717) is 31.2 Å². The Kier molecular flexibility index (Phi) is 9.21. The SMILES string of the molecule is O=C(O)COCCCCN1C(=O)CCC[C@@H]1/C(F)=C(\F)[C@H](O)Cc1ccccc1. The number of hydrogen-bond acceptors (Lipinski definition) is 4. The predicted octanol–water partition coefficient (Wildman–Crippen LogP) is 3.00. The highest BCUT2D eigenvalue weighted by molar-refractivity contribution is 5.77. The van der Waals surface area contributed by atoms with Gasteiger partial charge < -0.3 is 19.8 Å².